The van der Waals surface area contributed by atoms with Crippen molar-refractivity contribution in [2.24, 2.45) is 5.92 Å². The van der Waals surface area contributed by atoms with Gasteiger partial charge in [0.25, 0.3) is 5.91 Å². The summed E-state index contributed by atoms with van der Waals surface area (Å²) in [5.74, 6) is 1.36. The van der Waals surface area contributed by atoms with Crippen molar-refractivity contribution in [2.75, 3.05) is 31.6 Å². The van der Waals surface area contributed by atoms with E-state index in [1.54, 1.807) is 7.11 Å². The highest BCUT2D eigenvalue weighted by Crippen LogP contribution is 2.33. The topological polar surface area (TPSA) is 58.6 Å². The molecule has 2 saturated heterocycles. The Morgan fingerprint density at radius 1 is 1.15 bits per heavy atom. The van der Waals surface area contributed by atoms with Crippen LogP contribution in [0.5, 0.6) is 0 Å². The number of benzene rings is 1. The van der Waals surface area contributed by atoms with Gasteiger partial charge in [-0.3, -0.25) is 4.79 Å². The highest BCUT2D eigenvalue weighted by molar-refractivity contribution is 5.95. The van der Waals surface area contributed by atoms with Gasteiger partial charge in [-0.25, -0.2) is 9.97 Å². The summed E-state index contributed by atoms with van der Waals surface area (Å²) in [5.41, 5.74) is 3.66. The fourth-order valence-corrected chi connectivity index (χ4v) is 4.39. The molecule has 2 aromatic rings. The largest absolute Gasteiger partial charge is 0.380 e. The molecule has 2 aliphatic rings. The maximum Gasteiger partial charge on any atom is 0.254 e. The van der Waals surface area contributed by atoms with Crippen molar-refractivity contribution in [3.8, 4) is 0 Å². The summed E-state index contributed by atoms with van der Waals surface area (Å²) in [5, 5.41) is 0. The van der Waals surface area contributed by atoms with E-state index in [0.29, 0.717) is 19.1 Å². The zero-order chi connectivity index (χ0) is 19.0. The Morgan fingerprint density at radius 2 is 1.89 bits per heavy atom. The normalized spacial score (nSPS) is 21.6. The summed E-state index contributed by atoms with van der Waals surface area (Å²) in [6.45, 7) is 6.87. The number of hydrogen-bond acceptors (Lipinski definition) is 5. The number of carbonyl (C=O) groups excluding carboxylic acids is 1. The first-order valence-electron chi connectivity index (χ1n) is 9.50. The maximum atomic E-state index is 13.2. The molecular formula is C21H26N4O2. The van der Waals surface area contributed by atoms with Gasteiger partial charge in [0.05, 0.1) is 6.61 Å². The van der Waals surface area contributed by atoms with E-state index in [2.05, 4.69) is 14.9 Å². The molecule has 0 aliphatic carbocycles. The molecule has 0 saturated carbocycles. The minimum Gasteiger partial charge on any atom is -0.380 e. The van der Waals surface area contributed by atoms with Crippen LogP contribution in [0.25, 0.3) is 0 Å². The van der Waals surface area contributed by atoms with Crippen molar-refractivity contribution >= 4 is 11.9 Å². The Morgan fingerprint density at radius 3 is 2.63 bits per heavy atom. The molecule has 2 aliphatic heterocycles. The summed E-state index contributed by atoms with van der Waals surface area (Å²) in [7, 11) is 1.66. The molecule has 1 amide bonds. The molecule has 2 unspecified atom stereocenters. The van der Waals surface area contributed by atoms with Crippen LogP contribution in [0, 0.1) is 19.8 Å². The molecule has 27 heavy (non-hydrogen) atoms. The Balaban J connectivity index is 1.55. The summed E-state index contributed by atoms with van der Waals surface area (Å²) in [6.07, 6.45) is 1.10. The number of ether oxygens (including phenoxy) is 1. The van der Waals surface area contributed by atoms with E-state index >= 15 is 0 Å². The second-order valence-corrected chi connectivity index (χ2v) is 7.66. The average molecular weight is 366 g/mol. The van der Waals surface area contributed by atoms with Crippen LogP contribution in [0.4, 0.5) is 5.95 Å². The van der Waals surface area contributed by atoms with E-state index < -0.39 is 0 Å². The lowest BCUT2D eigenvalue weighted by molar-refractivity contribution is 0.0689. The predicted octanol–water partition coefficient (Wildman–Crippen LogP) is 2.59. The van der Waals surface area contributed by atoms with Gasteiger partial charge in [-0.05, 0) is 43.9 Å². The molecule has 2 bridgehead atoms. The van der Waals surface area contributed by atoms with Gasteiger partial charge >= 0.3 is 0 Å². The number of anilines is 1. The first-order valence-corrected chi connectivity index (χ1v) is 9.50. The number of amides is 1. The first kappa shape index (κ1) is 17.9. The van der Waals surface area contributed by atoms with Crippen molar-refractivity contribution in [3.63, 3.8) is 0 Å². The summed E-state index contributed by atoms with van der Waals surface area (Å²) >= 11 is 0. The summed E-state index contributed by atoms with van der Waals surface area (Å²) in [6, 6.07) is 10.0. The molecule has 6 heteroatoms. The van der Waals surface area contributed by atoms with Crippen molar-refractivity contribution < 1.29 is 9.53 Å². The molecule has 0 spiro atoms. The van der Waals surface area contributed by atoms with Crippen LogP contribution in [0.3, 0.4) is 0 Å². The minimum absolute atomic E-state index is 0.0977. The lowest BCUT2D eigenvalue weighted by Crippen LogP contribution is -2.45. The fourth-order valence-electron chi connectivity index (χ4n) is 4.39. The van der Waals surface area contributed by atoms with E-state index in [1.807, 2.05) is 49.1 Å². The van der Waals surface area contributed by atoms with Crippen LogP contribution in [0.2, 0.25) is 0 Å². The highest BCUT2D eigenvalue weighted by atomic mass is 16.5. The van der Waals surface area contributed by atoms with Crippen LogP contribution in [0.1, 0.15) is 33.7 Å². The quantitative estimate of drug-likeness (QED) is 0.832. The van der Waals surface area contributed by atoms with Gasteiger partial charge in [0.2, 0.25) is 5.95 Å². The summed E-state index contributed by atoms with van der Waals surface area (Å²) < 4.78 is 5.26. The zero-order valence-corrected chi connectivity index (χ0v) is 16.2. The number of rotatable bonds is 4. The van der Waals surface area contributed by atoms with E-state index in [0.717, 1.165) is 48.0 Å². The zero-order valence-electron chi connectivity index (χ0n) is 16.2. The van der Waals surface area contributed by atoms with E-state index in [4.69, 9.17) is 4.74 Å². The van der Waals surface area contributed by atoms with Crippen molar-refractivity contribution in [1.29, 1.82) is 0 Å². The molecule has 3 heterocycles. The molecule has 6 nitrogen and oxygen atoms in total. The third-order valence-electron chi connectivity index (χ3n) is 5.47. The Bertz CT molecular complexity index is 834. The number of piperidine rings is 1. The smallest absolute Gasteiger partial charge is 0.254 e. The van der Waals surface area contributed by atoms with Gasteiger partial charge in [-0.2, -0.15) is 0 Å². The molecule has 1 aromatic heterocycles. The number of hydrogen-bond donors (Lipinski definition) is 0. The lowest BCUT2D eigenvalue weighted by atomic mass is 9.98. The van der Waals surface area contributed by atoms with E-state index in [1.165, 1.54) is 0 Å². The minimum atomic E-state index is 0.0977. The van der Waals surface area contributed by atoms with Gasteiger partial charge in [0, 0.05) is 49.7 Å². The van der Waals surface area contributed by atoms with Crippen molar-refractivity contribution in [1.82, 2.24) is 14.9 Å². The third kappa shape index (κ3) is 3.54. The van der Waals surface area contributed by atoms with Crippen LogP contribution in [-0.4, -0.2) is 53.6 Å². The number of likely N-dealkylation sites (tertiary alicyclic amines) is 1. The van der Waals surface area contributed by atoms with Gasteiger partial charge in [0.1, 0.15) is 0 Å². The molecule has 0 radical (unpaired) electrons. The van der Waals surface area contributed by atoms with E-state index in [9.17, 15) is 4.79 Å². The number of nitrogens with zero attached hydrogens (tertiary/aromatic N) is 4. The van der Waals surface area contributed by atoms with Crippen LogP contribution in [-0.2, 0) is 11.3 Å². The fraction of sp³-hybridized carbons (Fsp3) is 0.476. The Hall–Kier alpha value is -2.47. The number of aromatic nitrogens is 2. The molecule has 2 fully saturated rings. The number of carbonyl (C=O) groups is 1. The SMILES string of the molecule is COCc1ccccc1C(=O)N1CC2CC(C1)N(c1nc(C)cc(C)n1)C2. The maximum absolute atomic E-state index is 13.2. The number of methoxy groups -OCH3 is 1. The Kier molecular flexibility index (Phi) is 4.83. The standard InChI is InChI=1S/C21H26N4O2/c1-14-8-15(2)23-21(22-14)25-11-16-9-18(25)12-24(10-16)20(26)19-7-5-4-6-17(19)13-27-3/h4-8,16,18H,9-13H2,1-3H3. The van der Waals surface area contributed by atoms with E-state index in [-0.39, 0.29) is 11.9 Å². The predicted molar refractivity (Wildman–Crippen MR) is 104 cm³/mol. The molecular weight excluding hydrogens is 340 g/mol. The molecule has 2 atom stereocenters. The first-order chi connectivity index (χ1) is 13.0. The van der Waals surface area contributed by atoms with Gasteiger partial charge in [0.15, 0.2) is 0 Å². The van der Waals surface area contributed by atoms with Crippen molar-refractivity contribution in [2.45, 2.75) is 32.9 Å². The van der Waals surface area contributed by atoms with Gasteiger partial charge < -0.3 is 14.5 Å². The molecule has 142 valence electrons. The van der Waals surface area contributed by atoms with Gasteiger partial charge in [-0.15, -0.1) is 0 Å². The van der Waals surface area contributed by atoms with Crippen molar-refractivity contribution in [3.05, 3.63) is 52.8 Å². The molecule has 0 N–H and O–H groups in total. The van der Waals surface area contributed by atoms with Crippen LogP contribution in [0.15, 0.2) is 30.3 Å². The highest BCUT2D eigenvalue weighted by Gasteiger charge is 2.41. The van der Waals surface area contributed by atoms with Gasteiger partial charge in [-0.1, -0.05) is 18.2 Å². The van der Waals surface area contributed by atoms with Crippen LogP contribution < -0.4 is 4.90 Å². The molecule has 1 aromatic carbocycles. The average Bonchev–Trinajstić information content (AvgIpc) is 2.95. The second kappa shape index (κ2) is 7.27. The lowest BCUT2D eigenvalue weighted by Gasteiger charge is -2.33. The second-order valence-electron chi connectivity index (χ2n) is 7.66. The number of aryl methyl sites for hydroxylation is 2. The van der Waals surface area contributed by atoms with Crippen LogP contribution >= 0.6 is 0 Å². The Labute approximate surface area is 160 Å². The monoisotopic (exact) mass is 366 g/mol. The molecule has 4 rings (SSSR count). The third-order valence-corrected chi connectivity index (χ3v) is 5.47. The number of fused-ring (bicyclic) bond motifs is 2. The summed E-state index contributed by atoms with van der Waals surface area (Å²) in [4.78, 5) is 26.7.